The molecule has 0 saturated heterocycles. The van der Waals surface area contributed by atoms with Gasteiger partial charge in [0.15, 0.2) is 0 Å². The Kier molecular flexibility index (Phi) is 3.66. The second kappa shape index (κ2) is 5.47. The first-order valence-corrected chi connectivity index (χ1v) is 7.42. The topological polar surface area (TPSA) is 37.3 Å². The van der Waals surface area contributed by atoms with Crippen LogP contribution in [0, 0.1) is 5.82 Å². The van der Waals surface area contributed by atoms with Crippen LogP contribution < -0.4 is 0 Å². The highest BCUT2D eigenvalue weighted by molar-refractivity contribution is 7.22. The molecule has 0 unspecified atom stereocenters. The first-order chi connectivity index (χ1) is 10.0. The van der Waals surface area contributed by atoms with Gasteiger partial charge in [-0.15, -0.1) is 11.3 Å². The fraction of sp³-hybridized carbons (Fsp3) is 0.0625. The van der Waals surface area contributed by atoms with E-state index < -0.39 is 5.97 Å². The van der Waals surface area contributed by atoms with Gasteiger partial charge in [-0.05, 0) is 46.8 Å². The van der Waals surface area contributed by atoms with Gasteiger partial charge >= 0.3 is 5.97 Å². The maximum absolute atomic E-state index is 13.5. The zero-order valence-corrected chi connectivity index (χ0v) is 12.3. The molecule has 0 aliphatic rings. The third-order valence-corrected chi connectivity index (χ3v) is 4.70. The number of thiophene rings is 1. The van der Waals surface area contributed by atoms with Crippen molar-refractivity contribution < 1.29 is 14.3 Å². The second-order valence-corrected chi connectivity index (χ2v) is 6.12. The van der Waals surface area contributed by atoms with Crippen molar-refractivity contribution in [2.45, 2.75) is 6.42 Å². The van der Waals surface area contributed by atoms with Gasteiger partial charge in [0.05, 0.1) is 6.42 Å². The molecular formula is C16H10ClFO2S. The van der Waals surface area contributed by atoms with E-state index in [1.54, 1.807) is 18.2 Å². The Balaban J connectivity index is 2.25. The summed E-state index contributed by atoms with van der Waals surface area (Å²) in [4.78, 5) is 12.0. The van der Waals surface area contributed by atoms with Gasteiger partial charge in [0.25, 0.3) is 0 Å². The summed E-state index contributed by atoms with van der Waals surface area (Å²) in [5.41, 5.74) is 1.53. The Labute approximate surface area is 129 Å². The van der Waals surface area contributed by atoms with Crippen LogP contribution in [-0.4, -0.2) is 11.1 Å². The Bertz CT molecular complexity index is 824. The average Bonchev–Trinajstić information content (AvgIpc) is 2.77. The minimum atomic E-state index is -0.936. The van der Waals surface area contributed by atoms with Crippen molar-refractivity contribution in [3.8, 4) is 10.4 Å². The van der Waals surface area contributed by atoms with E-state index in [0.717, 1.165) is 15.1 Å². The van der Waals surface area contributed by atoms with E-state index in [0.29, 0.717) is 16.0 Å². The molecule has 0 spiro atoms. The Hall–Kier alpha value is -1.91. The fourth-order valence-corrected chi connectivity index (χ4v) is 3.62. The van der Waals surface area contributed by atoms with Gasteiger partial charge in [-0.1, -0.05) is 23.7 Å². The van der Waals surface area contributed by atoms with E-state index in [9.17, 15) is 9.18 Å². The Morgan fingerprint density at radius 2 is 1.90 bits per heavy atom. The Morgan fingerprint density at radius 3 is 2.57 bits per heavy atom. The highest BCUT2D eigenvalue weighted by atomic mass is 35.5. The molecule has 106 valence electrons. The average molecular weight is 321 g/mol. The van der Waals surface area contributed by atoms with Crippen molar-refractivity contribution in [1.29, 1.82) is 0 Å². The van der Waals surface area contributed by atoms with Gasteiger partial charge in [-0.2, -0.15) is 0 Å². The minimum Gasteiger partial charge on any atom is -0.481 e. The molecule has 0 amide bonds. The number of hydrogen-bond donors (Lipinski definition) is 1. The molecule has 0 bridgehead atoms. The van der Waals surface area contributed by atoms with Gasteiger partial charge in [0.2, 0.25) is 0 Å². The van der Waals surface area contributed by atoms with Crippen LogP contribution >= 0.6 is 22.9 Å². The first-order valence-electron chi connectivity index (χ1n) is 6.23. The number of rotatable bonds is 3. The standard InChI is InChI=1S/C16H10ClFO2S/c17-10-3-1-9(2-4-10)16-13(8-15(19)20)12-7-11(18)5-6-14(12)21-16/h1-7H,8H2,(H,19,20). The molecule has 1 aromatic heterocycles. The van der Waals surface area contributed by atoms with Gasteiger partial charge < -0.3 is 5.11 Å². The summed E-state index contributed by atoms with van der Waals surface area (Å²) in [6.07, 6.45) is -0.137. The molecule has 3 rings (SSSR count). The SMILES string of the molecule is O=C(O)Cc1c(-c2ccc(Cl)cc2)sc2ccc(F)cc12. The predicted octanol–water partition coefficient (Wildman–Crippen LogP) is 4.99. The molecule has 0 fully saturated rings. The van der Waals surface area contributed by atoms with E-state index in [1.165, 1.54) is 23.5 Å². The predicted molar refractivity (Wildman–Crippen MR) is 83.6 cm³/mol. The number of carboxylic acid groups (broad SMARTS) is 1. The molecule has 3 aromatic rings. The maximum atomic E-state index is 13.5. The van der Waals surface area contributed by atoms with Crippen LogP contribution in [0.1, 0.15) is 5.56 Å². The van der Waals surface area contributed by atoms with Crippen molar-refractivity contribution in [2.24, 2.45) is 0 Å². The maximum Gasteiger partial charge on any atom is 0.307 e. The van der Waals surface area contributed by atoms with Crippen molar-refractivity contribution in [3.63, 3.8) is 0 Å². The molecule has 0 aliphatic heterocycles. The number of carboxylic acids is 1. The van der Waals surface area contributed by atoms with Crippen LogP contribution in [0.15, 0.2) is 42.5 Å². The molecular weight excluding hydrogens is 311 g/mol. The second-order valence-electron chi connectivity index (χ2n) is 4.63. The van der Waals surface area contributed by atoms with E-state index >= 15 is 0 Å². The smallest absolute Gasteiger partial charge is 0.307 e. The quantitative estimate of drug-likeness (QED) is 0.738. The number of aliphatic carboxylic acids is 1. The van der Waals surface area contributed by atoms with E-state index in [4.69, 9.17) is 16.7 Å². The summed E-state index contributed by atoms with van der Waals surface area (Å²) in [5, 5.41) is 10.4. The highest BCUT2D eigenvalue weighted by Crippen LogP contribution is 2.39. The summed E-state index contributed by atoms with van der Waals surface area (Å²) in [7, 11) is 0. The molecule has 1 N–H and O–H groups in total. The molecule has 0 radical (unpaired) electrons. The van der Waals surface area contributed by atoms with Gasteiger partial charge in [0.1, 0.15) is 5.82 Å². The monoisotopic (exact) mass is 320 g/mol. The Morgan fingerprint density at radius 1 is 1.19 bits per heavy atom. The van der Waals surface area contributed by atoms with E-state index in [1.807, 2.05) is 12.1 Å². The minimum absolute atomic E-state index is 0.137. The van der Waals surface area contributed by atoms with Crippen LogP contribution in [0.5, 0.6) is 0 Å². The van der Waals surface area contributed by atoms with Crippen LogP contribution in [0.3, 0.4) is 0 Å². The number of halogens is 2. The lowest BCUT2D eigenvalue weighted by molar-refractivity contribution is -0.136. The molecule has 0 saturated carbocycles. The summed E-state index contributed by atoms with van der Waals surface area (Å²) in [5.74, 6) is -1.30. The molecule has 0 atom stereocenters. The number of fused-ring (bicyclic) bond motifs is 1. The van der Waals surface area contributed by atoms with Gasteiger partial charge in [-0.25, -0.2) is 4.39 Å². The number of carbonyl (C=O) groups is 1. The van der Waals surface area contributed by atoms with Crippen molar-refractivity contribution >= 4 is 39.0 Å². The molecule has 5 heteroatoms. The van der Waals surface area contributed by atoms with E-state index in [-0.39, 0.29) is 12.2 Å². The molecule has 1 heterocycles. The molecule has 2 nitrogen and oxygen atoms in total. The third-order valence-electron chi connectivity index (χ3n) is 3.19. The molecule has 2 aromatic carbocycles. The fourth-order valence-electron chi connectivity index (χ4n) is 2.28. The third kappa shape index (κ3) is 2.77. The summed E-state index contributed by atoms with van der Waals surface area (Å²) in [6, 6.07) is 11.7. The summed E-state index contributed by atoms with van der Waals surface area (Å²) in [6.45, 7) is 0. The molecule has 0 aliphatic carbocycles. The lowest BCUT2D eigenvalue weighted by Crippen LogP contribution is -2.00. The largest absolute Gasteiger partial charge is 0.481 e. The zero-order valence-electron chi connectivity index (χ0n) is 10.8. The zero-order chi connectivity index (χ0) is 15.0. The van der Waals surface area contributed by atoms with E-state index in [2.05, 4.69) is 0 Å². The summed E-state index contributed by atoms with van der Waals surface area (Å²) < 4.78 is 14.3. The lowest BCUT2D eigenvalue weighted by atomic mass is 10.0. The van der Waals surface area contributed by atoms with Crippen LogP contribution in [0.2, 0.25) is 5.02 Å². The van der Waals surface area contributed by atoms with Crippen molar-refractivity contribution in [2.75, 3.05) is 0 Å². The van der Waals surface area contributed by atoms with Crippen LogP contribution in [0.25, 0.3) is 20.5 Å². The van der Waals surface area contributed by atoms with Crippen molar-refractivity contribution in [1.82, 2.24) is 0 Å². The van der Waals surface area contributed by atoms with Crippen molar-refractivity contribution in [3.05, 3.63) is 58.9 Å². The highest BCUT2D eigenvalue weighted by Gasteiger charge is 2.17. The van der Waals surface area contributed by atoms with Crippen LogP contribution in [-0.2, 0) is 11.2 Å². The summed E-state index contributed by atoms with van der Waals surface area (Å²) >= 11 is 7.34. The number of hydrogen-bond acceptors (Lipinski definition) is 2. The van der Waals surface area contributed by atoms with Gasteiger partial charge in [-0.3, -0.25) is 4.79 Å². The lowest BCUT2D eigenvalue weighted by Gasteiger charge is -2.03. The van der Waals surface area contributed by atoms with Crippen LogP contribution in [0.4, 0.5) is 4.39 Å². The molecule has 21 heavy (non-hydrogen) atoms. The number of benzene rings is 2. The van der Waals surface area contributed by atoms with Gasteiger partial charge in [0, 0.05) is 14.6 Å². The normalized spacial score (nSPS) is 11.0. The first kappa shape index (κ1) is 14.0.